The predicted molar refractivity (Wildman–Crippen MR) is 116 cm³/mol. The number of rotatable bonds is 4. The Morgan fingerprint density at radius 1 is 0.800 bits per heavy atom. The molecule has 0 bridgehead atoms. The number of carbonyl (C=O) groups excluding carboxylic acids is 2. The smallest absolute Gasteiger partial charge is 0.254 e. The number of piperidine rings is 1. The van der Waals surface area contributed by atoms with Crippen molar-refractivity contribution in [1.29, 1.82) is 5.26 Å². The summed E-state index contributed by atoms with van der Waals surface area (Å²) in [5, 5.41) is 9.46. The van der Waals surface area contributed by atoms with Gasteiger partial charge in [0.1, 0.15) is 0 Å². The zero-order valence-electron chi connectivity index (χ0n) is 16.6. The molecule has 0 spiro atoms. The minimum Gasteiger partial charge on any atom is -0.339 e. The quantitative estimate of drug-likeness (QED) is 0.588. The molecule has 0 radical (unpaired) electrons. The molecule has 30 heavy (non-hydrogen) atoms. The van der Waals surface area contributed by atoms with Crippen LogP contribution in [0, 0.1) is 17.2 Å². The van der Waals surface area contributed by atoms with Crippen molar-refractivity contribution in [3.05, 3.63) is 95.6 Å². The lowest BCUT2D eigenvalue weighted by Gasteiger charge is -2.32. The number of nitriles is 1. The van der Waals surface area contributed by atoms with E-state index in [0.29, 0.717) is 37.1 Å². The van der Waals surface area contributed by atoms with E-state index in [0.717, 1.165) is 16.7 Å². The van der Waals surface area contributed by atoms with Gasteiger partial charge in [-0.25, -0.2) is 0 Å². The van der Waals surface area contributed by atoms with Gasteiger partial charge in [-0.3, -0.25) is 9.59 Å². The fourth-order valence-corrected chi connectivity index (χ4v) is 4.07. The Morgan fingerprint density at radius 2 is 1.40 bits per heavy atom. The third kappa shape index (κ3) is 3.88. The van der Waals surface area contributed by atoms with Gasteiger partial charge < -0.3 is 4.90 Å². The molecule has 0 aromatic heterocycles. The Kier molecular flexibility index (Phi) is 5.72. The van der Waals surface area contributed by atoms with Crippen LogP contribution in [0.1, 0.15) is 39.1 Å². The summed E-state index contributed by atoms with van der Waals surface area (Å²) in [6, 6.07) is 26.3. The third-order valence-corrected chi connectivity index (χ3v) is 5.71. The molecule has 1 saturated heterocycles. The number of likely N-dealkylation sites (tertiary alicyclic amines) is 1. The molecule has 3 aromatic carbocycles. The van der Waals surface area contributed by atoms with E-state index in [4.69, 9.17) is 0 Å². The molecular weight excluding hydrogens is 372 g/mol. The molecular formula is C26H22N2O2. The summed E-state index contributed by atoms with van der Waals surface area (Å²) in [5.41, 5.74) is 3.40. The van der Waals surface area contributed by atoms with Gasteiger partial charge in [0.25, 0.3) is 5.91 Å². The highest BCUT2D eigenvalue weighted by atomic mass is 16.2. The van der Waals surface area contributed by atoms with Crippen LogP contribution >= 0.6 is 0 Å². The Balaban J connectivity index is 1.52. The van der Waals surface area contributed by atoms with Crippen LogP contribution in [0.4, 0.5) is 0 Å². The summed E-state index contributed by atoms with van der Waals surface area (Å²) in [6.07, 6.45) is 1.33. The molecule has 0 N–H and O–H groups in total. The van der Waals surface area contributed by atoms with Crippen molar-refractivity contribution in [3.8, 4) is 17.2 Å². The number of hydrogen-bond acceptors (Lipinski definition) is 3. The molecule has 4 nitrogen and oxygen atoms in total. The Labute approximate surface area is 176 Å². The van der Waals surface area contributed by atoms with E-state index in [9.17, 15) is 14.9 Å². The number of nitrogens with zero attached hydrogens (tertiary/aromatic N) is 2. The van der Waals surface area contributed by atoms with E-state index in [1.165, 1.54) is 0 Å². The van der Waals surface area contributed by atoms with Crippen molar-refractivity contribution < 1.29 is 9.59 Å². The first-order chi connectivity index (χ1) is 14.7. The van der Waals surface area contributed by atoms with Crippen LogP contribution in [0.3, 0.4) is 0 Å². The maximum atomic E-state index is 13.3. The summed E-state index contributed by atoms with van der Waals surface area (Å²) in [7, 11) is 0. The second-order valence-electron chi connectivity index (χ2n) is 7.50. The number of benzene rings is 3. The molecule has 3 aromatic rings. The number of hydrogen-bond donors (Lipinski definition) is 0. The first kappa shape index (κ1) is 19.6. The van der Waals surface area contributed by atoms with Gasteiger partial charge in [-0.2, -0.15) is 5.26 Å². The van der Waals surface area contributed by atoms with Gasteiger partial charge in [-0.15, -0.1) is 0 Å². The van der Waals surface area contributed by atoms with Gasteiger partial charge in [-0.05, 0) is 30.5 Å². The summed E-state index contributed by atoms with van der Waals surface area (Å²) in [4.78, 5) is 27.8. The molecule has 1 aliphatic rings. The molecule has 4 rings (SSSR count). The Morgan fingerprint density at radius 3 is 2.10 bits per heavy atom. The topological polar surface area (TPSA) is 61.2 Å². The van der Waals surface area contributed by atoms with E-state index < -0.39 is 0 Å². The van der Waals surface area contributed by atoms with Crippen LogP contribution in [0.2, 0.25) is 0 Å². The lowest BCUT2D eigenvalue weighted by atomic mass is 9.88. The number of Topliss-reactive ketones (excluding diaryl/α,β-unsaturated/α-hetero) is 1. The third-order valence-electron chi connectivity index (χ3n) is 5.71. The first-order valence-electron chi connectivity index (χ1n) is 10.2. The molecule has 1 fully saturated rings. The van der Waals surface area contributed by atoms with Crippen LogP contribution in [0.5, 0.6) is 0 Å². The number of ketones is 1. The van der Waals surface area contributed by atoms with Gasteiger partial charge in [0, 0.05) is 35.7 Å². The zero-order valence-corrected chi connectivity index (χ0v) is 16.6. The largest absolute Gasteiger partial charge is 0.339 e. The van der Waals surface area contributed by atoms with Crippen LogP contribution in [0.15, 0.2) is 78.9 Å². The SMILES string of the molecule is N#Cc1ccccc1-c1ccccc1C(=O)N1CCC(C(=O)c2ccccc2)CC1. The highest BCUT2D eigenvalue weighted by Crippen LogP contribution is 2.29. The van der Waals surface area contributed by atoms with E-state index >= 15 is 0 Å². The highest BCUT2D eigenvalue weighted by molar-refractivity contribution is 6.02. The van der Waals surface area contributed by atoms with Crippen molar-refractivity contribution in [2.75, 3.05) is 13.1 Å². The summed E-state index contributed by atoms with van der Waals surface area (Å²) < 4.78 is 0. The van der Waals surface area contributed by atoms with Crippen molar-refractivity contribution in [3.63, 3.8) is 0 Å². The van der Waals surface area contributed by atoms with Gasteiger partial charge >= 0.3 is 0 Å². The molecule has 148 valence electrons. The summed E-state index contributed by atoms with van der Waals surface area (Å²) >= 11 is 0. The predicted octanol–water partition coefficient (Wildman–Crippen LogP) is 4.96. The molecule has 0 saturated carbocycles. The van der Waals surface area contributed by atoms with E-state index in [1.807, 2.05) is 77.7 Å². The van der Waals surface area contributed by atoms with Gasteiger partial charge in [-0.1, -0.05) is 66.7 Å². The second-order valence-corrected chi connectivity index (χ2v) is 7.50. The second kappa shape index (κ2) is 8.75. The van der Waals surface area contributed by atoms with Gasteiger partial charge in [0.05, 0.1) is 11.6 Å². The maximum Gasteiger partial charge on any atom is 0.254 e. The average molecular weight is 394 g/mol. The van der Waals surface area contributed by atoms with Crippen LogP contribution < -0.4 is 0 Å². The first-order valence-corrected chi connectivity index (χ1v) is 10.2. The average Bonchev–Trinajstić information content (AvgIpc) is 2.83. The van der Waals surface area contributed by atoms with E-state index in [-0.39, 0.29) is 17.6 Å². The fourth-order valence-electron chi connectivity index (χ4n) is 4.07. The van der Waals surface area contributed by atoms with E-state index in [1.54, 1.807) is 6.07 Å². The molecule has 0 aliphatic carbocycles. The Hall–Kier alpha value is -3.71. The Bertz CT molecular complexity index is 1110. The lowest BCUT2D eigenvalue weighted by molar-refractivity contribution is 0.0651. The normalized spacial score (nSPS) is 14.2. The molecule has 1 amide bonds. The zero-order chi connectivity index (χ0) is 20.9. The van der Waals surface area contributed by atoms with Crippen molar-refractivity contribution in [2.45, 2.75) is 12.8 Å². The van der Waals surface area contributed by atoms with Crippen molar-refractivity contribution in [2.24, 2.45) is 5.92 Å². The highest BCUT2D eigenvalue weighted by Gasteiger charge is 2.29. The number of amides is 1. The minimum atomic E-state index is -0.0519. The summed E-state index contributed by atoms with van der Waals surface area (Å²) in [5.74, 6) is 0.0565. The monoisotopic (exact) mass is 394 g/mol. The molecule has 0 atom stereocenters. The van der Waals surface area contributed by atoms with Crippen molar-refractivity contribution >= 4 is 11.7 Å². The van der Waals surface area contributed by atoms with E-state index in [2.05, 4.69) is 6.07 Å². The molecule has 0 unspecified atom stereocenters. The van der Waals surface area contributed by atoms with Crippen LogP contribution in [0.25, 0.3) is 11.1 Å². The molecule has 1 heterocycles. The number of carbonyl (C=O) groups is 2. The van der Waals surface area contributed by atoms with Gasteiger partial charge in [0.2, 0.25) is 0 Å². The lowest BCUT2D eigenvalue weighted by Crippen LogP contribution is -2.40. The van der Waals surface area contributed by atoms with Crippen molar-refractivity contribution in [1.82, 2.24) is 4.90 Å². The summed E-state index contributed by atoms with van der Waals surface area (Å²) in [6.45, 7) is 1.10. The molecule has 1 aliphatic heterocycles. The maximum absolute atomic E-state index is 13.3. The van der Waals surface area contributed by atoms with Crippen LogP contribution in [-0.2, 0) is 0 Å². The van der Waals surface area contributed by atoms with Crippen LogP contribution in [-0.4, -0.2) is 29.7 Å². The minimum absolute atomic E-state index is 0.0500. The fraction of sp³-hybridized carbons (Fsp3) is 0.192. The molecule has 4 heteroatoms. The standard InChI is InChI=1S/C26H22N2O2/c27-18-21-10-4-5-11-22(21)23-12-6-7-13-24(23)26(30)28-16-14-20(15-17-28)25(29)19-8-2-1-3-9-19/h1-13,20H,14-17H2. The van der Waals surface area contributed by atoms with Gasteiger partial charge in [0.15, 0.2) is 5.78 Å².